The number of hydrogen-bond donors (Lipinski definition) is 0. The molecular formula is C27H30N2O4. The number of methoxy groups -OCH3 is 3. The number of ether oxygens (including phenoxy) is 3. The summed E-state index contributed by atoms with van der Waals surface area (Å²) in [6, 6.07) is 18.6. The van der Waals surface area contributed by atoms with E-state index in [9.17, 15) is 4.79 Å². The minimum atomic E-state index is 0.0142. The van der Waals surface area contributed by atoms with Gasteiger partial charge in [-0.25, -0.2) is 0 Å². The molecule has 0 atom stereocenters. The number of rotatable bonds is 8. The maximum atomic E-state index is 13.0. The number of likely N-dealkylation sites (N-methyl/N-ethyl adjacent to an activating group) is 1. The lowest BCUT2D eigenvalue weighted by atomic mass is 10.1. The first-order chi connectivity index (χ1) is 16.0. The second-order valence-electron chi connectivity index (χ2n) is 8.07. The zero-order valence-corrected chi connectivity index (χ0v) is 19.8. The monoisotopic (exact) mass is 446 g/mol. The molecule has 0 saturated carbocycles. The Morgan fingerprint density at radius 3 is 2.15 bits per heavy atom. The van der Waals surface area contributed by atoms with E-state index >= 15 is 0 Å². The molecule has 0 fully saturated rings. The van der Waals surface area contributed by atoms with Gasteiger partial charge >= 0.3 is 0 Å². The lowest BCUT2D eigenvalue weighted by Crippen LogP contribution is -2.27. The molecule has 0 bridgehead atoms. The number of para-hydroxylation sites is 1. The maximum Gasteiger partial charge on any atom is 0.227 e. The van der Waals surface area contributed by atoms with Crippen LogP contribution in [0.4, 0.5) is 0 Å². The number of carbonyl (C=O) groups excluding carboxylic acids is 1. The standard InChI is InChI=1S/C27H30N2O4/c1-6-29-22-10-8-7-9-20(22)21-13-18(11-12-23(21)29)17-28(2)26(30)16-19-14-24(31-3)27(33-5)25(15-19)32-4/h7-15H,6,16-17H2,1-5H3. The predicted octanol–water partition coefficient (Wildman–Crippen LogP) is 5.04. The highest BCUT2D eigenvalue weighted by Gasteiger charge is 2.17. The number of hydrogen-bond acceptors (Lipinski definition) is 4. The second-order valence-corrected chi connectivity index (χ2v) is 8.07. The van der Waals surface area contributed by atoms with Crippen LogP contribution in [0.1, 0.15) is 18.1 Å². The summed E-state index contributed by atoms with van der Waals surface area (Å²) >= 11 is 0. The van der Waals surface area contributed by atoms with E-state index in [1.165, 1.54) is 21.8 Å². The molecule has 172 valence electrons. The van der Waals surface area contributed by atoms with E-state index in [1.807, 2.05) is 19.2 Å². The van der Waals surface area contributed by atoms with E-state index in [4.69, 9.17) is 14.2 Å². The summed E-state index contributed by atoms with van der Waals surface area (Å²) in [5, 5.41) is 2.46. The molecule has 1 amide bonds. The number of aromatic nitrogens is 1. The molecule has 4 rings (SSSR count). The quantitative estimate of drug-likeness (QED) is 0.380. The van der Waals surface area contributed by atoms with Crippen molar-refractivity contribution < 1.29 is 19.0 Å². The number of amides is 1. The Balaban J connectivity index is 1.56. The van der Waals surface area contributed by atoms with Crippen LogP contribution in [0, 0.1) is 0 Å². The minimum absolute atomic E-state index is 0.0142. The van der Waals surface area contributed by atoms with E-state index in [-0.39, 0.29) is 12.3 Å². The first kappa shape index (κ1) is 22.5. The Kier molecular flexibility index (Phi) is 6.45. The minimum Gasteiger partial charge on any atom is -0.493 e. The molecule has 0 aliphatic carbocycles. The summed E-state index contributed by atoms with van der Waals surface area (Å²) in [4.78, 5) is 14.8. The Morgan fingerprint density at radius 1 is 0.848 bits per heavy atom. The van der Waals surface area contributed by atoms with E-state index in [2.05, 4.69) is 54.0 Å². The number of nitrogens with zero attached hydrogens (tertiary/aromatic N) is 2. The fourth-order valence-corrected chi connectivity index (χ4v) is 4.45. The SMILES string of the molecule is CCn1c2ccccc2c2cc(CN(C)C(=O)Cc3cc(OC)c(OC)c(OC)c3)ccc21. The van der Waals surface area contributed by atoms with Crippen molar-refractivity contribution in [2.75, 3.05) is 28.4 Å². The normalized spacial score (nSPS) is 11.1. The van der Waals surface area contributed by atoms with Crippen LogP contribution in [0.5, 0.6) is 17.2 Å². The molecule has 6 heteroatoms. The van der Waals surface area contributed by atoms with Crippen molar-refractivity contribution in [3.8, 4) is 17.2 Å². The van der Waals surface area contributed by atoms with Gasteiger partial charge < -0.3 is 23.7 Å². The number of fused-ring (bicyclic) bond motifs is 3. The zero-order valence-electron chi connectivity index (χ0n) is 19.8. The van der Waals surface area contributed by atoms with Gasteiger partial charge in [-0.1, -0.05) is 24.3 Å². The Bertz CT molecular complexity index is 1280. The molecule has 0 radical (unpaired) electrons. The van der Waals surface area contributed by atoms with Gasteiger partial charge in [0.05, 0.1) is 27.8 Å². The maximum absolute atomic E-state index is 13.0. The Labute approximate surface area is 194 Å². The largest absolute Gasteiger partial charge is 0.493 e. The molecule has 0 spiro atoms. The third-order valence-electron chi connectivity index (χ3n) is 6.08. The van der Waals surface area contributed by atoms with Crippen molar-refractivity contribution in [3.05, 3.63) is 65.7 Å². The van der Waals surface area contributed by atoms with Crippen LogP contribution >= 0.6 is 0 Å². The average Bonchev–Trinajstić information content (AvgIpc) is 3.16. The van der Waals surface area contributed by atoms with Crippen molar-refractivity contribution in [1.82, 2.24) is 9.47 Å². The Hall–Kier alpha value is -3.67. The molecule has 0 aliphatic heterocycles. The van der Waals surface area contributed by atoms with Gasteiger partial charge in [-0.2, -0.15) is 0 Å². The van der Waals surface area contributed by atoms with Crippen LogP contribution in [0.15, 0.2) is 54.6 Å². The molecular weight excluding hydrogens is 416 g/mol. The fourth-order valence-electron chi connectivity index (χ4n) is 4.45. The molecule has 0 aliphatic rings. The van der Waals surface area contributed by atoms with E-state index < -0.39 is 0 Å². The third kappa shape index (κ3) is 4.21. The predicted molar refractivity (Wildman–Crippen MR) is 131 cm³/mol. The van der Waals surface area contributed by atoms with Crippen molar-refractivity contribution in [1.29, 1.82) is 0 Å². The van der Waals surface area contributed by atoms with Crippen LogP contribution in [0.3, 0.4) is 0 Å². The van der Waals surface area contributed by atoms with Gasteiger partial charge in [0.1, 0.15) is 0 Å². The summed E-state index contributed by atoms with van der Waals surface area (Å²) in [6.45, 7) is 3.61. The van der Waals surface area contributed by atoms with Crippen LogP contribution in [-0.2, 0) is 24.3 Å². The smallest absolute Gasteiger partial charge is 0.227 e. The first-order valence-electron chi connectivity index (χ1n) is 11.0. The number of benzene rings is 3. The van der Waals surface area contributed by atoms with E-state index in [0.717, 1.165) is 17.7 Å². The Morgan fingerprint density at radius 2 is 1.52 bits per heavy atom. The van der Waals surface area contributed by atoms with Gasteiger partial charge in [0.25, 0.3) is 0 Å². The van der Waals surface area contributed by atoms with Crippen molar-refractivity contribution in [2.45, 2.75) is 26.4 Å². The fraction of sp³-hybridized carbons (Fsp3) is 0.296. The summed E-state index contributed by atoms with van der Waals surface area (Å²) in [7, 11) is 6.54. The van der Waals surface area contributed by atoms with Crippen LogP contribution in [-0.4, -0.2) is 43.8 Å². The zero-order chi connectivity index (χ0) is 23.5. The van der Waals surface area contributed by atoms with E-state index in [1.54, 1.807) is 26.2 Å². The van der Waals surface area contributed by atoms with Gasteiger partial charge in [-0.05, 0) is 48.4 Å². The lowest BCUT2D eigenvalue weighted by molar-refractivity contribution is -0.129. The molecule has 6 nitrogen and oxygen atoms in total. The second kappa shape index (κ2) is 9.45. The van der Waals surface area contributed by atoms with Gasteiger partial charge in [-0.15, -0.1) is 0 Å². The molecule has 3 aromatic carbocycles. The summed E-state index contributed by atoms with van der Waals surface area (Å²) in [5.74, 6) is 1.62. The van der Waals surface area contributed by atoms with Crippen molar-refractivity contribution in [3.63, 3.8) is 0 Å². The molecule has 1 heterocycles. The highest BCUT2D eigenvalue weighted by molar-refractivity contribution is 6.08. The molecule has 0 unspecified atom stereocenters. The highest BCUT2D eigenvalue weighted by atomic mass is 16.5. The molecule has 0 N–H and O–H groups in total. The summed E-state index contributed by atoms with van der Waals surface area (Å²) in [6.07, 6.45) is 0.241. The van der Waals surface area contributed by atoms with Gasteiger partial charge in [0, 0.05) is 41.9 Å². The van der Waals surface area contributed by atoms with Crippen LogP contribution < -0.4 is 14.2 Å². The van der Waals surface area contributed by atoms with Crippen LogP contribution in [0.25, 0.3) is 21.8 Å². The number of aryl methyl sites for hydroxylation is 1. The molecule has 1 aromatic heterocycles. The van der Waals surface area contributed by atoms with Crippen molar-refractivity contribution in [2.24, 2.45) is 0 Å². The van der Waals surface area contributed by atoms with Crippen molar-refractivity contribution >= 4 is 27.7 Å². The average molecular weight is 447 g/mol. The van der Waals surface area contributed by atoms with Gasteiger partial charge in [0.15, 0.2) is 11.5 Å². The molecule has 33 heavy (non-hydrogen) atoms. The number of carbonyl (C=O) groups is 1. The lowest BCUT2D eigenvalue weighted by Gasteiger charge is -2.19. The van der Waals surface area contributed by atoms with E-state index in [0.29, 0.717) is 23.8 Å². The summed E-state index contributed by atoms with van der Waals surface area (Å²) in [5.41, 5.74) is 4.36. The first-order valence-corrected chi connectivity index (χ1v) is 11.0. The summed E-state index contributed by atoms with van der Waals surface area (Å²) < 4.78 is 18.5. The van der Waals surface area contributed by atoms with Gasteiger partial charge in [0.2, 0.25) is 11.7 Å². The molecule has 4 aromatic rings. The topological polar surface area (TPSA) is 52.9 Å². The van der Waals surface area contributed by atoms with Gasteiger partial charge in [-0.3, -0.25) is 4.79 Å². The highest BCUT2D eigenvalue weighted by Crippen LogP contribution is 2.38. The van der Waals surface area contributed by atoms with Crippen LogP contribution in [0.2, 0.25) is 0 Å². The third-order valence-corrected chi connectivity index (χ3v) is 6.08. The molecule has 0 saturated heterocycles.